The lowest BCUT2D eigenvalue weighted by atomic mass is 10.1. The van der Waals surface area contributed by atoms with Crippen molar-refractivity contribution in [3.8, 4) is 0 Å². The van der Waals surface area contributed by atoms with Gasteiger partial charge in [-0.3, -0.25) is 4.79 Å². The van der Waals surface area contributed by atoms with Crippen LogP contribution in [-0.4, -0.2) is 37.8 Å². The van der Waals surface area contributed by atoms with Gasteiger partial charge in [0, 0.05) is 5.69 Å². The number of rotatable bonds is 6. The van der Waals surface area contributed by atoms with E-state index in [-0.39, 0.29) is 22.8 Å². The molecule has 6 nitrogen and oxygen atoms in total. The highest BCUT2D eigenvalue weighted by molar-refractivity contribution is 8.01. The molecule has 1 amide bonds. The molecule has 0 aliphatic heterocycles. The quantitative estimate of drug-likeness (QED) is 0.626. The second kappa shape index (κ2) is 8.51. The number of ether oxygens (including phenoxy) is 2. The van der Waals surface area contributed by atoms with Crippen molar-refractivity contribution in [3.63, 3.8) is 0 Å². The topological polar surface area (TPSA) is 81.7 Å². The fourth-order valence-electron chi connectivity index (χ4n) is 1.85. The highest BCUT2D eigenvalue weighted by atomic mass is 32.2. The summed E-state index contributed by atoms with van der Waals surface area (Å²) in [6.07, 6.45) is 0. The molecule has 0 radical (unpaired) electrons. The molecule has 2 aromatic rings. The second-order valence-electron chi connectivity index (χ2n) is 4.55. The van der Waals surface area contributed by atoms with Crippen molar-refractivity contribution in [1.82, 2.24) is 0 Å². The summed E-state index contributed by atoms with van der Waals surface area (Å²) in [6.45, 7) is 0. The third-order valence-electron chi connectivity index (χ3n) is 2.90. The molecule has 0 aliphatic rings. The number of anilines is 1. The Morgan fingerprint density at radius 1 is 1.08 bits per heavy atom. The molecule has 0 saturated heterocycles. The maximum atomic E-state index is 12.0. The standard InChI is InChI=1S/C16H15NO5S2/c1-21-15(19)10-6-11(16(20)22-2)8-12(7-10)17-13(18)9-24-14-4-3-5-23-14/h3-8H,9H2,1-2H3,(H,17,18). The van der Waals surface area contributed by atoms with Crippen molar-refractivity contribution in [1.29, 1.82) is 0 Å². The van der Waals surface area contributed by atoms with Gasteiger partial charge in [-0.25, -0.2) is 9.59 Å². The molecule has 2 rings (SSSR count). The minimum Gasteiger partial charge on any atom is -0.465 e. The van der Waals surface area contributed by atoms with Gasteiger partial charge in [0.25, 0.3) is 0 Å². The summed E-state index contributed by atoms with van der Waals surface area (Å²) in [6, 6.07) is 8.09. The van der Waals surface area contributed by atoms with Gasteiger partial charge in [-0.2, -0.15) is 0 Å². The number of nitrogens with one attached hydrogen (secondary N) is 1. The maximum absolute atomic E-state index is 12.0. The van der Waals surface area contributed by atoms with Crippen LogP contribution in [0.4, 0.5) is 5.69 Å². The molecular formula is C16H15NO5S2. The van der Waals surface area contributed by atoms with Gasteiger partial charge in [-0.15, -0.1) is 23.1 Å². The van der Waals surface area contributed by atoms with Gasteiger partial charge in [-0.1, -0.05) is 6.07 Å². The molecule has 1 N–H and O–H groups in total. The summed E-state index contributed by atoms with van der Waals surface area (Å²) in [5, 5.41) is 4.61. The Morgan fingerprint density at radius 2 is 1.71 bits per heavy atom. The number of amides is 1. The molecule has 1 heterocycles. The first-order valence-corrected chi connectivity index (χ1v) is 8.68. The van der Waals surface area contributed by atoms with Crippen molar-refractivity contribution < 1.29 is 23.9 Å². The smallest absolute Gasteiger partial charge is 0.337 e. The average Bonchev–Trinajstić information content (AvgIpc) is 3.11. The van der Waals surface area contributed by atoms with E-state index in [4.69, 9.17) is 0 Å². The molecule has 24 heavy (non-hydrogen) atoms. The lowest BCUT2D eigenvalue weighted by molar-refractivity contribution is -0.113. The number of hydrogen-bond donors (Lipinski definition) is 1. The lowest BCUT2D eigenvalue weighted by Gasteiger charge is -2.09. The van der Waals surface area contributed by atoms with Gasteiger partial charge in [0.2, 0.25) is 5.91 Å². The van der Waals surface area contributed by atoms with Crippen LogP contribution in [0.5, 0.6) is 0 Å². The monoisotopic (exact) mass is 365 g/mol. The molecule has 0 bridgehead atoms. The Hall–Kier alpha value is -2.32. The molecule has 0 fully saturated rings. The van der Waals surface area contributed by atoms with Crippen LogP contribution in [0.3, 0.4) is 0 Å². The van der Waals surface area contributed by atoms with Gasteiger partial charge >= 0.3 is 11.9 Å². The fourth-order valence-corrected chi connectivity index (χ4v) is 3.43. The van der Waals surface area contributed by atoms with E-state index in [0.29, 0.717) is 5.69 Å². The highest BCUT2D eigenvalue weighted by Crippen LogP contribution is 2.24. The number of carbonyl (C=O) groups is 3. The van der Waals surface area contributed by atoms with E-state index in [2.05, 4.69) is 14.8 Å². The molecule has 126 valence electrons. The van der Waals surface area contributed by atoms with Gasteiger partial charge in [0.15, 0.2) is 0 Å². The lowest BCUT2D eigenvalue weighted by Crippen LogP contribution is -2.15. The van der Waals surface area contributed by atoms with E-state index in [9.17, 15) is 14.4 Å². The number of hydrogen-bond acceptors (Lipinski definition) is 7. The molecule has 0 atom stereocenters. The number of thioether (sulfide) groups is 1. The van der Waals surface area contributed by atoms with Crippen molar-refractivity contribution in [3.05, 3.63) is 46.8 Å². The molecule has 1 aromatic carbocycles. The third kappa shape index (κ3) is 4.84. The summed E-state index contributed by atoms with van der Waals surface area (Å²) < 4.78 is 10.3. The number of methoxy groups -OCH3 is 2. The molecule has 8 heteroatoms. The van der Waals surface area contributed by atoms with Crippen LogP contribution >= 0.6 is 23.1 Å². The van der Waals surface area contributed by atoms with Crippen molar-refractivity contribution >= 4 is 46.6 Å². The fraction of sp³-hybridized carbons (Fsp3) is 0.188. The van der Waals surface area contributed by atoms with E-state index < -0.39 is 11.9 Å². The number of esters is 2. The maximum Gasteiger partial charge on any atom is 0.337 e. The van der Waals surface area contributed by atoms with E-state index >= 15 is 0 Å². The number of thiophene rings is 1. The van der Waals surface area contributed by atoms with Crippen LogP contribution in [-0.2, 0) is 14.3 Å². The molecule has 0 unspecified atom stereocenters. The Balaban J connectivity index is 2.13. The Morgan fingerprint density at radius 3 is 2.21 bits per heavy atom. The highest BCUT2D eigenvalue weighted by Gasteiger charge is 2.15. The van der Waals surface area contributed by atoms with E-state index in [0.717, 1.165) is 4.21 Å². The zero-order chi connectivity index (χ0) is 17.5. The predicted octanol–water partition coefficient (Wildman–Crippen LogP) is 3.05. The van der Waals surface area contributed by atoms with Crippen LogP contribution in [0, 0.1) is 0 Å². The number of benzene rings is 1. The van der Waals surface area contributed by atoms with Crippen LogP contribution in [0.2, 0.25) is 0 Å². The summed E-state index contributed by atoms with van der Waals surface area (Å²) in [5.74, 6) is -1.24. The predicted molar refractivity (Wildman–Crippen MR) is 92.8 cm³/mol. The molecule has 0 spiro atoms. The minimum absolute atomic E-state index is 0.154. The molecular weight excluding hydrogens is 350 g/mol. The Labute approximate surface area is 147 Å². The van der Waals surface area contributed by atoms with E-state index in [1.54, 1.807) is 11.3 Å². The van der Waals surface area contributed by atoms with Crippen molar-refractivity contribution in [2.24, 2.45) is 0 Å². The summed E-state index contributed by atoms with van der Waals surface area (Å²) >= 11 is 2.96. The first kappa shape index (κ1) is 18.0. The van der Waals surface area contributed by atoms with Crippen LogP contribution in [0.15, 0.2) is 39.9 Å². The Kier molecular flexibility index (Phi) is 6.39. The normalized spacial score (nSPS) is 10.1. The Bertz CT molecular complexity index is 709. The number of carbonyl (C=O) groups excluding carboxylic acids is 3. The molecule has 0 aliphatic carbocycles. The van der Waals surface area contributed by atoms with Gasteiger partial charge in [0.05, 0.1) is 35.3 Å². The average molecular weight is 365 g/mol. The largest absolute Gasteiger partial charge is 0.465 e. The molecule has 0 saturated carbocycles. The van der Waals surface area contributed by atoms with Gasteiger partial charge in [0.1, 0.15) is 0 Å². The zero-order valence-electron chi connectivity index (χ0n) is 13.0. The van der Waals surface area contributed by atoms with Crippen LogP contribution < -0.4 is 5.32 Å². The summed E-state index contributed by atoms with van der Waals surface area (Å²) in [5.41, 5.74) is 0.637. The summed E-state index contributed by atoms with van der Waals surface area (Å²) in [4.78, 5) is 35.5. The van der Waals surface area contributed by atoms with E-state index in [1.807, 2.05) is 17.5 Å². The molecule has 1 aromatic heterocycles. The van der Waals surface area contributed by atoms with Crippen LogP contribution in [0.25, 0.3) is 0 Å². The van der Waals surface area contributed by atoms with Crippen LogP contribution in [0.1, 0.15) is 20.7 Å². The second-order valence-corrected chi connectivity index (χ2v) is 6.77. The van der Waals surface area contributed by atoms with Crippen molar-refractivity contribution in [2.75, 3.05) is 25.3 Å². The first-order valence-electron chi connectivity index (χ1n) is 6.81. The minimum atomic E-state index is -0.607. The summed E-state index contributed by atoms with van der Waals surface area (Å²) in [7, 11) is 2.48. The van der Waals surface area contributed by atoms with Gasteiger partial charge in [-0.05, 0) is 29.6 Å². The van der Waals surface area contributed by atoms with E-state index in [1.165, 1.54) is 44.2 Å². The van der Waals surface area contributed by atoms with Gasteiger partial charge < -0.3 is 14.8 Å². The first-order chi connectivity index (χ1) is 11.5. The third-order valence-corrected chi connectivity index (χ3v) is 5.03. The zero-order valence-corrected chi connectivity index (χ0v) is 14.7. The van der Waals surface area contributed by atoms with Crippen molar-refractivity contribution in [2.45, 2.75) is 4.21 Å². The SMILES string of the molecule is COC(=O)c1cc(NC(=O)CSc2cccs2)cc(C(=O)OC)c1.